The fourth-order valence-corrected chi connectivity index (χ4v) is 2.82. The lowest BCUT2D eigenvalue weighted by Gasteiger charge is -2.34. The molecule has 0 radical (unpaired) electrons. The van der Waals surface area contributed by atoms with E-state index in [0.717, 1.165) is 25.5 Å². The topological polar surface area (TPSA) is 45.2 Å². The van der Waals surface area contributed by atoms with Crippen molar-refractivity contribution in [2.24, 2.45) is 11.8 Å². The van der Waals surface area contributed by atoms with Crippen molar-refractivity contribution < 1.29 is 4.79 Å². The number of hydrogen-bond acceptors (Lipinski definition) is 3. The van der Waals surface area contributed by atoms with Gasteiger partial charge in [-0.3, -0.25) is 4.79 Å². The first-order chi connectivity index (χ1) is 9.10. The average Bonchev–Trinajstić information content (AvgIpc) is 2.37. The zero-order chi connectivity index (χ0) is 13.8. The van der Waals surface area contributed by atoms with Crippen LogP contribution in [0, 0.1) is 11.8 Å². The van der Waals surface area contributed by atoms with Gasteiger partial charge in [0.2, 0.25) is 0 Å². The van der Waals surface area contributed by atoms with Gasteiger partial charge in [0.05, 0.1) is 0 Å². The number of aromatic nitrogens is 1. The van der Waals surface area contributed by atoms with Crippen molar-refractivity contribution in [1.29, 1.82) is 0 Å². The normalized spacial score (nSPS) is 23.2. The molecule has 1 saturated heterocycles. The molecular formula is C15H23N3O. The van der Waals surface area contributed by atoms with E-state index in [0.29, 0.717) is 17.5 Å². The van der Waals surface area contributed by atoms with E-state index in [2.05, 4.69) is 24.1 Å². The molecule has 4 nitrogen and oxygen atoms in total. The molecule has 0 spiro atoms. The van der Waals surface area contributed by atoms with Gasteiger partial charge in [0.15, 0.2) is 0 Å². The maximum absolute atomic E-state index is 12.5. The minimum Gasteiger partial charge on any atom is -0.370 e. The quantitative estimate of drug-likeness (QED) is 0.909. The second-order valence-electron chi connectivity index (χ2n) is 5.59. The average molecular weight is 261 g/mol. The summed E-state index contributed by atoms with van der Waals surface area (Å²) in [6.45, 7) is 8.93. The van der Waals surface area contributed by atoms with Crippen LogP contribution in [0.4, 0.5) is 5.82 Å². The summed E-state index contributed by atoms with van der Waals surface area (Å²) >= 11 is 0. The van der Waals surface area contributed by atoms with E-state index in [1.165, 1.54) is 6.42 Å². The van der Waals surface area contributed by atoms with Gasteiger partial charge in [-0.1, -0.05) is 19.9 Å². The number of nitrogens with zero attached hydrogens (tertiary/aromatic N) is 2. The van der Waals surface area contributed by atoms with Gasteiger partial charge in [0, 0.05) is 19.6 Å². The van der Waals surface area contributed by atoms with E-state index >= 15 is 0 Å². The van der Waals surface area contributed by atoms with Crippen molar-refractivity contribution in [3.8, 4) is 0 Å². The lowest BCUT2D eigenvalue weighted by molar-refractivity contribution is 0.0617. The fourth-order valence-electron chi connectivity index (χ4n) is 2.82. The molecule has 0 aromatic carbocycles. The van der Waals surface area contributed by atoms with Gasteiger partial charge in [0.1, 0.15) is 11.5 Å². The van der Waals surface area contributed by atoms with Crippen LogP contribution in [0.2, 0.25) is 0 Å². The third-order valence-electron chi connectivity index (χ3n) is 3.48. The van der Waals surface area contributed by atoms with Crippen LogP contribution in [0.25, 0.3) is 0 Å². The van der Waals surface area contributed by atoms with Gasteiger partial charge in [-0.05, 0) is 37.3 Å². The number of amides is 1. The van der Waals surface area contributed by atoms with Crippen molar-refractivity contribution in [2.75, 3.05) is 25.0 Å². The predicted molar refractivity (Wildman–Crippen MR) is 77.2 cm³/mol. The van der Waals surface area contributed by atoms with E-state index in [1.807, 2.05) is 24.0 Å². The first kappa shape index (κ1) is 13.8. The Labute approximate surface area is 115 Å². The molecular weight excluding hydrogens is 238 g/mol. The number of pyridine rings is 1. The van der Waals surface area contributed by atoms with E-state index in [1.54, 1.807) is 6.07 Å². The van der Waals surface area contributed by atoms with E-state index in [4.69, 9.17) is 0 Å². The van der Waals surface area contributed by atoms with E-state index < -0.39 is 0 Å². The van der Waals surface area contributed by atoms with Crippen LogP contribution >= 0.6 is 0 Å². The summed E-state index contributed by atoms with van der Waals surface area (Å²) in [5.41, 5.74) is 0.541. The number of rotatable bonds is 3. The Morgan fingerprint density at radius 1 is 1.37 bits per heavy atom. The molecule has 1 N–H and O–H groups in total. The van der Waals surface area contributed by atoms with Gasteiger partial charge in [0.25, 0.3) is 5.91 Å². The number of piperidine rings is 1. The van der Waals surface area contributed by atoms with E-state index in [9.17, 15) is 4.79 Å². The van der Waals surface area contributed by atoms with Crippen LogP contribution in [0.1, 0.15) is 37.7 Å². The Balaban J connectivity index is 2.12. The molecule has 0 saturated carbocycles. The molecule has 4 heteroatoms. The Morgan fingerprint density at radius 2 is 2.05 bits per heavy atom. The molecule has 1 fully saturated rings. The molecule has 1 aromatic rings. The Kier molecular flexibility index (Phi) is 4.40. The fraction of sp³-hybridized carbons (Fsp3) is 0.600. The summed E-state index contributed by atoms with van der Waals surface area (Å²) < 4.78 is 0. The van der Waals surface area contributed by atoms with Crippen LogP contribution in [0.3, 0.4) is 0 Å². The zero-order valence-corrected chi connectivity index (χ0v) is 12.0. The number of likely N-dealkylation sites (tertiary alicyclic amines) is 1. The molecule has 0 bridgehead atoms. The Bertz CT molecular complexity index is 437. The third kappa shape index (κ3) is 3.46. The van der Waals surface area contributed by atoms with Gasteiger partial charge >= 0.3 is 0 Å². The number of carbonyl (C=O) groups is 1. The second-order valence-corrected chi connectivity index (χ2v) is 5.59. The standard InChI is InChI=1S/C15H23N3O/c1-4-16-14-7-5-6-13(17-14)15(19)18-9-11(2)8-12(3)10-18/h5-7,11-12H,4,8-10H2,1-3H3,(H,16,17). The van der Waals surface area contributed by atoms with Crippen molar-refractivity contribution in [1.82, 2.24) is 9.88 Å². The molecule has 2 heterocycles. The molecule has 2 rings (SSSR count). The molecule has 1 amide bonds. The minimum absolute atomic E-state index is 0.0538. The van der Waals surface area contributed by atoms with Gasteiger partial charge < -0.3 is 10.2 Å². The molecule has 0 aliphatic carbocycles. The number of nitrogens with one attached hydrogen (secondary N) is 1. The van der Waals surface area contributed by atoms with Crippen molar-refractivity contribution >= 4 is 11.7 Å². The lowest BCUT2D eigenvalue weighted by Crippen LogP contribution is -2.42. The molecule has 2 unspecified atom stereocenters. The monoisotopic (exact) mass is 261 g/mol. The van der Waals surface area contributed by atoms with E-state index in [-0.39, 0.29) is 5.91 Å². The maximum atomic E-state index is 12.5. The first-order valence-electron chi connectivity index (χ1n) is 7.10. The van der Waals surface area contributed by atoms with Gasteiger partial charge in [-0.2, -0.15) is 0 Å². The number of anilines is 1. The van der Waals surface area contributed by atoms with Gasteiger partial charge in [-0.15, -0.1) is 0 Å². The maximum Gasteiger partial charge on any atom is 0.272 e. The highest BCUT2D eigenvalue weighted by atomic mass is 16.2. The third-order valence-corrected chi connectivity index (χ3v) is 3.48. The summed E-state index contributed by atoms with van der Waals surface area (Å²) in [5, 5.41) is 3.14. The van der Waals surface area contributed by atoms with Gasteiger partial charge in [-0.25, -0.2) is 4.98 Å². The molecule has 104 valence electrons. The molecule has 2 atom stereocenters. The summed E-state index contributed by atoms with van der Waals surface area (Å²) in [6, 6.07) is 5.57. The molecule has 1 aliphatic rings. The largest absolute Gasteiger partial charge is 0.370 e. The van der Waals surface area contributed by atoms with Crippen LogP contribution in [-0.2, 0) is 0 Å². The van der Waals surface area contributed by atoms with Crippen LogP contribution < -0.4 is 5.32 Å². The number of hydrogen-bond donors (Lipinski definition) is 1. The minimum atomic E-state index is 0.0538. The van der Waals surface area contributed by atoms with Crippen LogP contribution in [0.5, 0.6) is 0 Å². The SMILES string of the molecule is CCNc1cccc(C(=O)N2CC(C)CC(C)C2)n1. The lowest BCUT2D eigenvalue weighted by atomic mass is 9.92. The van der Waals surface area contributed by atoms with Crippen LogP contribution in [-0.4, -0.2) is 35.4 Å². The number of carbonyl (C=O) groups excluding carboxylic acids is 1. The summed E-state index contributed by atoms with van der Waals surface area (Å²) in [4.78, 5) is 18.8. The first-order valence-corrected chi connectivity index (χ1v) is 7.10. The smallest absolute Gasteiger partial charge is 0.272 e. The molecule has 1 aromatic heterocycles. The summed E-state index contributed by atoms with van der Waals surface area (Å²) in [6.07, 6.45) is 1.20. The summed E-state index contributed by atoms with van der Waals surface area (Å²) in [7, 11) is 0. The highest BCUT2D eigenvalue weighted by molar-refractivity contribution is 5.92. The molecule has 1 aliphatic heterocycles. The van der Waals surface area contributed by atoms with Crippen molar-refractivity contribution in [3.63, 3.8) is 0 Å². The highest BCUT2D eigenvalue weighted by Crippen LogP contribution is 2.22. The van der Waals surface area contributed by atoms with Crippen molar-refractivity contribution in [2.45, 2.75) is 27.2 Å². The highest BCUT2D eigenvalue weighted by Gasteiger charge is 2.26. The second kappa shape index (κ2) is 6.04. The van der Waals surface area contributed by atoms with Crippen LogP contribution in [0.15, 0.2) is 18.2 Å². The molecule has 19 heavy (non-hydrogen) atoms. The van der Waals surface area contributed by atoms with Crippen molar-refractivity contribution in [3.05, 3.63) is 23.9 Å². The Hall–Kier alpha value is -1.58. The Morgan fingerprint density at radius 3 is 2.68 bits per heavy atom. The predicted octanol–water partition coefficient (Wildman–Crippen LogP) is 2.63. The zero-order valence-electron chi connectivity index (χ0n) is 12.0. The summed E-state index contributed by atoms with van der Waals surface area (Å²) in [5.74, 6) is 1.97.